The van der Waals surface area contributed by atoms with E-state index in [1.54, 1.807) is 0 Å². The lowest BCUT2D eigenvalue weighted by Crippen LogP contribution is -2.45. The minimum absolute atomic E-state index is 0. The summed E-state index contributed by atoms with van der Waals surface area (Å²) < 4.78 is 18.5. The normalized spacial score (nSPS) is 9.19. The Hall–Kier alpha value is -3.02. The smallest absolute Gasteiger partial charge is 0.319 e. The summed E-state index contributed by atoms with van der Waals surface area (Å²) in [4.78, 5) is 68.3. The SMILES string of the molecule is C.C.C.C.C.C.C.C.C.COCOC(=O)CC(=O)OC(C)C(=O)NCNC(=O)C(C)OC(=O)CC(C)=O. The molecule has 0 radical (unpaired) electrons. The predicted octanol–water partition coefficient (Wildman–Crippen LogP) is 4.28. The van der Waals surface area contributed by atoms with E-state index in [-0.39, 0.29) is 80.3 Å². The molecule has 37 heavy (non-hydrogen) atoms. The number of Topliss-reactive ketones (excluding diaryl/α,β-unsaturated/α-hetero) is 1. The van der Waals surface area contributed by atoms with Crippen molar-refractivity contribution in [1.82, 2.24) is 10.6 Å². The third-order valence-electron chi connectivity index (χ3n) is 2.90. The highest BCUT2D eigenvalue weighted by atomic mass is 16.7. The molecule has 0 spiro atoms. The first-order valence-corrected chi connectivity index (χ1v) is 8.15. The number of nitrogens with one attached hydrogen (secondary N) is 2. The first-order valence-electron chi connectivity index (χ1n) is 8.15. The molecule has 0 saturated carbocycles. The number of amides is 2. The maximum atomic E-state index is 11.8. The summed E-state index contributed by atoms with van der Waals surface area (Å²) in [5.74, 6) is -4.54. The van der Waals surface area contributed by atoms with Crippen molar-refractivity contribution in [3.8, 4) is 0 Å². The van der Waals surface area contributed by atoms with Crippen molar-refractivity contribution in [2.75, 3.05) is 20.6 Å². The van der Waals surface area contributed by atoms with Crippen LogP contribution in [0.15, 0.2) is 0 Å². The first-order chi connectivity index (χ1) is 13.1. The summed E-state index contributed by atoms with van der Waals surface area (Å²) in [7, 11) is 1.30. The molecular weight excluding hydrogens is 488 g/mol. The van der Waals surface area contributed by atoms with Crippen LogP contribution in [0.3, 0.4) is 0 Å². The molecule has 0 rings (SSSR count). The molecule has 0 aromatic carbocycles. The van der Waals surface area contributed by atoms with Crippen LogP contribution in [0.4, 0.5) is 0 Å². The lowest BCUT2D eigenvalue weighted by Gasteiger charge is -2.15. The second kappa shape index (κ2) is 35.1. The van der Waals surface area contributed by atoms with Crippen LogP contribution in [0.5, 0.6) is 0 Å². The van der Waals surface area contributed by atoms with Crippen LogP contribution in [0, 0.1) is 0 Å². The van der Waals surface area contributed by atoms with Gasteiger partial charge in [0.1, 0.15) is 18.6 Å². The molecule has 0 heterocycles. The van der Waals surface area contributed by atoms with Crippen LogP contribution in [0.1, 0.15) is 100 Å². The fourth-order valence-corrected chi connectivity index (χ4v) is 1.59. The largest absolute Gasteiger partial charge is 0.452 e. The van der Waals surface area contributed by atoms with Crippen LogP contribution >= 0.6 is 0 Å². The Morgan fingerprint density at radius 2 is 0.973 bits per heavy atom. The Morgan fingerprint density at radius 1 is 0.622 bits per heavy atom. The minimum atomic E-state index is -1.23. The Bertz CT molecular complexity index is 610. The van der Waals surface area contributed by atoms with E-state index in [1.165, 1.54) is 27.9 Å². The van der Waals surface area contributed by atoms with Crippen LogP contribution in [0.25, 0.3) is 0 Å². The number of rotatable bonds is 12. The fourth-order valence-electron chi connectivity index (χ4n) is 1.59. The number of hydrogen-bond donors (Lipinski definition) is 2. The van der Waals surface area contributed by atoms with Crippen molar-refractivity contribution in [3.05, 3.63) is 0 Å². The van der Waals surface area contributed by atoms with E-state index in [4.69, 9.17) is 9.47 Å². The number of esters is 3. The van der Waals surface area contributed by atoms with Crippen LogP contribution in [-0.4, -0.2) is 68.3 Å². The highest BCUT2D eigenvalue weighted by Gasteiger charge is 2.21. The molecule has 230 valence electrons. The zero-order valence-corrected chi connectivity index (χ0v) is 16.1. The molecule has 2 atom stereocenters. The standard InChI is InChI=1S/C16H24N2O10.9CH4/c1-9(19)5-13(21)27-10(2)15(23)17-7-18-16(24)11(3)28-14(22)6-12(20)26-8-25-4;;;;;;;;;/h10-11H,5-8H2,1-4H3,(H,17,23)(H,18,24);9*1H4. The second-order valence-corrected chi connectivity index (χ2v) is 5.50. The zero-order chi connectivity index (χ0) is 21.7. The number of carbonyl (C=O) groups excluding carboxylic acids is 6. The van der Waals surface area contributed by atoms with Gasteiger partial charge in [-0.15, -0.1) is 0 Å². The monoisotopic (exact) mass is 548 g/mol. The van der Waals surface area contributed by atoms with Gasteiger partial charge < -0.3 is 29.6 Å². The van der Waals surface area contributed by atoms with Gasteiger partial charge in [-0.1, -0.05) is 66.8 Å². The van der Waals surface area contributed by atoms with E-state index >= 15 is 0 Å². The lowest BCUT2D eigenvalue weighted by molar-refractivity contribution is -0.165. The Labute approximate surface area is 227 Å². The van der Waals surface area contributed by atoms with Crippen molar-refractivity contribution in [2.45, 2.75) is 113 Å². The summed E-state index contributed by atoms with van der Waals surface area (Å²) in [6.45, 7) is 3.12. The zero-order valence-electron chi connectivity index (χ0n) is 16.1. The number of carbonyl (C=O) groups is 6. The lowest BCUT2D eigenvalue weighted by atomic mass is 10.3. The molecule has 0 bridgehead atoms. The molecule has 12 heteroatoms. The van der Waals surface area contributed by atoms with Crippen LogP contribution in [0.2, 0.25) is 0 Å². The molecular formula is C25H60N2O10. The topological polar surface area (TPSA) is 163 Å². The molecule has 2 unspecified atom stereocenters. The van der Waals surface area contributed by atoms with Crippen molar-refractivity contribution in [3.63, 3.8) is 0 Å². The molecule has 0 aromatic rings. The average molecular weight is 549 g/mol. The minimum Gasteiger partial charge on any atom is -0.452 e. The van der Waals surface area contributed by atoms with E-state index in [2.05, 4.69) is 20.1 Å². The summed E-state index contributed by atoms with van der Waals surface area (Å²) in [5, 5.41) is 4.54. The van der Waals surface area contributed by atoms with Gasteiger partial charge in [-0.3, -0.25) is 28.8 Å². The summed E-state index contributed by atoms with van der Waals surface area (Å²) in [6.07, 6.45) is -3.54. The predicted molar refractivity (Wildman–Crippen MR) is 151 cm³/mol. The summed E-state index contributed by atoms with van der Waals surface area (Å²) in [5.41, 5.74) is 0. The molecule has 0 aromatic heterocycles. The van der Waals surface area contributed by atoms with Crippen molar-refractivity contribution in [2.24, 2.45) is 0 Å². The van der Waals surface area contributed by atoms with Crippen LogP contribution < -0.4 is 10.6 Å². The fraction of sp³-hybridized carbons (Fsp3) is 0.760. The second-order valence-electron chi connectivity index (χ2n) is 5.50. The molecule has 2 N–H and O–H groups in total. The van der Waals surface area contributed by atoms with E-state index in [0.29, 0.717) is 0 Å². The molecule has 12 nitrogen and oxygen atoms in total. The van der Waals surface area contributed by atoms with Gasteiger partial charge in [-0.25, -0.2) is 0 Å². The maximum absolute atomic E-state index is 11.8. The number of ketones is 1. The third-order valence-corrected chi connectivity index (χ3v) is 2.90. The summed E-state index contributed by atoms with van der Waals surface area (Å²) in [6, 6.07) is 0. The molecule has 0 aliphatic heterocycles. The Balaban J connectivity index is -0.000000101. The van der Waals surface area contributed by atoms with E-state index < -0.39 is 60.6 Å². The van der Waals surface area contributed by atoms with Crippen molar-refractivity contribution >= 4 is 35.5 Å². The van der Waals surface area contributed by atoms with E-state index in [9.17, 15) is 28.8 Å². The number of hydrogen-bond acceptors (Lipinski definition) is 10. The van der Waals surface area contributed by atoms with Gasteiger partial charge >= 0.3 is 17.9 Å². The van der Waals surface area contributed by atoms with Gasteiger partial charge in [-0.05, 0) is 20.8 Å². The molecule has 0 fully saturated rings. The maximum Gasteiger partial charge on any atom is 0.319 e. The quantitative estimate of drug-likeness (QED) is 0.156. The van der Waals surface area contributed by atoms with Crippen molar-refractivity contribution < 1.29 is 47.7 Å². The first kappa shape index (κ1) is 64.3. The van der Waals surface area contributed by atoms with Gasteiger partial charge in [0.15, 0.2) is 19.0 Å². The van der Waals surface area contributed by atoms with Crippen molar-refractivity contribution in [1.29, 1.82) is 0 Å². The molecule has 0 saturated heterocycles. The molecule has 2 amide bonds. The van der Waals surface area contributed by atoms with Gasteiger partial charge in [0.2, 0.25) is 0 Å². The average Bonchev–Trinajstić information content (AvgIpc) is 2.58. The molecule has 0 aliphatic carbocycles. The highest BCUT2D eigenvalue weighted by Crippen LogP contribution is 1.98. The van der Waals surface area contributed by atoms with Gasteiger partial charge in [0.05, 0.1) is 6.67 Å². The van der Waals surface area contributed by atoms with Gasteiger partial charge in [-0.2, -0.15) is 0 Å². The van der Waals surface area contributed by atoms with Gasteiger partial charge in [0.25, 0.3) is 11.8 Å². The highest BCUT2D eigenvalue weighted by molar-refractivity contribution is 5.95. The number of ether oxygens (including phenoxy) is 4. The Kier molecular flexibility index (Phi) is 61.0. The Morgan fingerprint density at radius 3 is 1.30 bits per heavy atom. The van der Waals surface area contributed by atoms with E-state index in [1.807, 2.05) is 0 Å². The molecule has 0 aliphatic rings. The van der Waals surface area contributed by atoms with E-state index in [0.717, 1.165) is 0 Å². The van der Waals surface area contributed by atoms with Crippen LogP contribution in [-0.2, 0) is 47.7 Å². The third kappa shape index (κ3) is 33.0. The number of methoxy groups -OCH3 is 1. The summed E-state index contributed by atoms with van der Waals surface area (Å²) >= 11 is 0. The van der Waals surface area contributed by atoms with Gasteiger partial charge in [0, 0.05) is 7.11 Å².